The molecule has 0 atom stereocenters. The van der Waals surface area contributed by atoms with E-state index in [-0.39, 0.29) is 6.03 Å². The van der Waals surface area contributed by atoms with Crippen LogP contribution < -0.4 is 5.32 Å². The maximum atomic E-state index is 11.8. The van der Waals surface area contributed by atoms with Crippen LogP contribution in [0.2, 0.25) is 0 Å². The fourth-order valence-electron chi connectivity index (χ4n) is 2.07. The van der Waals surface area contributed by atoms with Crippen LogP contribution in [0.1, 0.15) is 65.2 Å². The average molecular weight is 253 g/mol. The van der Waals surface area contributed by atoms with E-state index in [1.807, 2.05) is 0 Å². The van der Waals surface area contributed by atoms with Gasteiger partial charge >= 0.3 is 6.03 Å². The van der Waals surface area contributed by atoms with Crippen LogP contribution in [0.4, 0.5) is 4.79 Å². The second-order valence-corrected chi connectivity index (χ2v) is 4.94. The monoisotopic (exact) mass is 253 g/mol. The van der Waals surface area contributed by atoms with Crippen molar-refractivity contribution in [3.05, 3.63) is 0 Å². The Labute approximate surface area is 111 Å². The van der Waals surface area contributed by atoms with Gasteiger partial charge < -0.3 is 5.32 Å². The van der Waals surface area contributed by atoms with Crippen LogP contribution in [0, 0.1) is 0 Å². The van der Waals surface area contributed by atoms with Crippen molar-refractivity contribution in [1.29, 1.82) is 0 Å². The summed E-state index contributed by atoms with van der Waals surface area (Å²) in [5.74, 6) is 0. The Kier molecular flexibility index (Phi) is 7.46. The number of hydrogen-bond donors (Lipinski definition) is 1. The second kappa shape index (κ2) is 8.95. The van der Waals surface area contributed by atoms with Crippen molar-refractivity contribution < 1.29 is 4.79 Å². The molecular weight excluding hydrogens is 226 g/mol. The number of rotatable bonds is 8. The molecule has 2 amide bonds. The minimum absolute atomic E-state index is 0.0309. The van der Waals surface area contributed by atoms with Gasteiger partial charge in [-0.2, -0.15) is 5.10 Å². The van der Waals surface area contributed by atoms with Crippen LogP contribution in [0.5, 0.6) is 0 Å². The van der Waals surface area contributed by atoms with E-state index in [4.69, 9.17) is 0 Å². The third-order valence-corrected chi connectivity index (χ3v) is 3.23. The molecule has 1 aliphatic rings. The maximum absolute atomic E-state index is 11.8. The van der Waals surface area contributed by atoms with E-state index < -0.39 is 0 Å². The smallest absolute Gasteiger partial charge is 0.336 e. The Morgan fingerprint density at radius 1 is 1.22 bits per heavy atom. The van der Waals surface area contributed by atoms with Crippen molar-refractivity contribution in [3.63, 3.8) is 0 Å². The first-order valence-electron chi connectivity index (χ1n) is 7.39. The van der Waals surface area contributed by atoms with Crippen LogP contribution in [0.3, 0.4) is 0 Å². The topological polar surface area (TPSA) is 44.7 Å². The molecule has 0 bridgehead atoms. The van der Waals surface area contributed by atoms with Crippen molar-refractivity contribution in [2.24, 2.45) is 5.10 Å². The summed E-state index contributed by atoms with van der Waals surface area (Å²) in [4.78, 5) is 11.8. The number of carbonyl (C=O) groups is 1. The molecule has 0 aromatic heterocycles. The van der Waals surface area contributed by atoms with E-state index in [1.54, 1.807) is 5.01 Å². The summed E-state index contributed by atoms with van der Waals surface area (Å²) in [6.07, 6.45) is 9.09. The molecule has 18 heavy (non-hydrogen) atoms. The van der Waals surface area contributed by atoms with Gasteiger partial charge in [-0.25, -0.2) is 9.80 Å². The van der Waals surface area contributed by atoms with Crippen molar-refractivity contribution in [3.8, 4) is 0 Å². The van der Waals surface area contributed by atoms with Gasteiger partial charge in [0.2, 0.25) is 0 Å². The summed E-state index contributed by atoms with van der Waals surface area (Å²) >= 11 is 0. The lowest BCUT2D eigenvalue weighted by Crippen LogP contribution is -2.35. The summed E-state index contributed by atoms with van der Waals surface area (Å²) in [6.45, 7) is 5.88. The minimum atomic E-state index is -0.0309. The van der Waals surface area contributed by atoms with E-state index in [0.717, 1.165) is 32.4 Å². The summed E-state index contributed by atoms with van der Waals surface area (Å²) in [5.41, 5.74) is 1.19. The van der Waals surface area contributed by atoms with Gasteiger partial charge in [0.05, 0.1) is 6.54 Å². The lowest BCUT2D eigenvalue weighted by Gasteiger charge is -2.12. The van der Waals surface area contributed by atoms with Gasteiger partial charge in [-0.1, -0.05) is 39.5 Å². The molecule has 1 N–H and O–H groups in total. The summed E-state index contributed by atoms with van der Waals surface area (Å²) in [6, 6.07) is -0.0309. The Hall–Kier alpha value is -1.06. The molecule has 0 aliphatic carbocycles. The van der Waals surface area contributed by atoms with Gasteiger partial charge in [0.15, 0.2) is 0 Å². The minimum Gasteiger partial charge on any atom is -0.336 e. The quantitative estimate of drug-likeness (QED) is 0.661. The molecule has 0 radical (unpaired) electrons. The van der Waals surface area contributed by atoms with Crippen LogP contribution in [0.25, 0.3) is 0 Å². The molecule has 1 heterocycles. The molecule has 104 valence electrons. The van der Waals surface area contributed by atoms with Crippen molar-refractivity contribution in [1.82, 2.24) is 10.3 Å². The number of urea groups is 1. The molecule has 0 unspecified atom stereocenters. The van der Waals surface area contributed by atoms with Gasteiger partial charge in [0.1, 0.15) is 0 Å². The average Bonchev–Trinajstić information content (AvgIpc) is 2.84. The van der Waals surface area contributed by atoms with Crippen LogP contribution in [0.15, 0.2) is 5.10 Å². The zero-order valence-corrected chi connectivity index (χ0v) is 11.9. The number of nitrogens with zero attached hydrogens (tertiary/aromatic N) is 2. The third kappa shape index (κ3) is 5.52. The molecular formula is C14H27N3O. The molecule has 0 saturated carbocycles. The Balaban J connectivity index is 2.20. The Morgan fingerprint density at radius 3 is 2.67 bits per heavy atom. The fraction of sp³-hybridized carbons (Fsp3) is 0.857. The number of hydrogen-bond acceptors (Lipinski definition) is 2. The SMILES string of the molecule is CCCCCNC(=O)N1CCC(CCCCC)=N1. The van der Waals surface area contributed by atoms with E-state index in [1.165, 1.54) is 37.8 Å². The van der Waals surface area contributed by atoms with Gasteiger partial charge in [-0.3, -0.25) is 0 Å². The van der Waals surface area contributed by atoms with Gasteiger partial charge in [-0.05, 0) is 19.3 Å². The highest BCUT2D eigenvalue weighted by atomic mass is 16.2. The first-order valence-corrected chi connectivity index (χ1v) is 7.39. The maximum Gasteiger partial charge on any atom is 0.337 e. The van der Waals surface area contributed by atoms with E-state index in [9.17, 15) is 4.79 Å². The molecule has 1 aliphatic heterocycles. The van der Waals surface area contributed by atoms with Gasteiger partial charge in [0.25, 0.3) is 0 Å². The highest BCUT2D eigenvalue weighted by Crippen LogP contribution is 2.12. The number of carbonyl (C=O) groups excluding carboxylic acids is 1. The first-order chi connectivity index (χ1) is 8.77. The second-order valence-electron chi connectivity index (χ2n) is 4.94. The lowest BCUT2D eigenvalue weighted by atomic mass is 10.1. The lowest BCUT2D eigenvalue weighted by molar-refractivity contribution is 0.205. The van der Waals surface area contributed by atoms with E-state index in [0.29, 0.717) is 0 Å². The molecule has 0 aromatic carbocycles. The third-order valence-electron chi connectivity index (χ3n) is 3.23. The molecule has 4 nitrogen and oxygen atoms in total. The molecule has 0 fully saturated rings. The normalized spacial score (nSPS) is 14.8. The van der Waals surface area contributed by atoms with Crippen molar-refractivity contribution in [2.45, 2.75) is 65.2 Å². The highest BCUT2D eigenvalue weighted by Gasteiger charge is 2.19. The number of nitrogens with one attached hydrogen (secondary N) is 1. The van der Waals surface area contributed by atoms with Crippen LogP contribution in [-0.2, 0) is 0 Å². The van der Waals surface area contributed by atoms with Crippen molar-refractivity contribution in [2.75, 3.05) is 13.1 Å². The Morgan fingerprint density at radius 2 is 1.94 bits per heavy atom. The first kappa shape index (κ1) is 15.0. The molecule has 0 aromatic rings. The predicted molar refractivity (Wildman–Crippen MR) is 75.8 cm³/mol. The molecule has 0 spiro atoms. The fourth-order valence-corrected chi connectivity index (χ4v) is 2.07. The zero-order valence-electron chi connectivity index (χ0n) is 11.9. The molecule has 1 rings (SSSR count). The number of hydrazone groups is 1. The summed E-state index contributed by atoms with van der Waals surface area (Å²) < 4.78 is 0. The van der Waals surface area contributed by atoms with Crippen LogP contribution >= 0.6 is 0 Å². The standard InChI is InChI=1S/C14H27N3O/c1-3-5-7-9-13-10-12-17(16-13)14(18)15-11-8-6-4-2/h3-12H2,1-2H3,(H,15,18). The van der Waals surface area contributed by atoms with Gasteiger partial charge in [0, 0.05) is 18.7 Å². The largest absolute Gasteiger partial charge is 0.337 e. The van der Waals surface area contributed by atoms with E-state index in [2.05, 4.69) is 24.3 Å². The van der Waals surface area contributed by atoms with Crippen LogP contribution in [-0.4, -0.2) is 29.8 Å². The van der Waals surface area contributed by atoms with Gasteiger partial charge in [-0.15, -0.1) is 0 Å². The summed E-state index contributed by atoms with van der Waals surface area (Å²) in [5, 5.41) is 8.91. The number of unbranched alkanes of at least 4 members (excludes halogenated alkanes) is 4. The molecule has 4 heteroatoms. The van der Waals surface area contributed by atoms with E-state index >= 15 is 0 Å². The zero-order chi connectivity index (χ0) is 13.2. The summed E-state index contributed by atoms with van der Waals surface area (Å²) in [7, 11) is 0. The van der Waals surface area contributed by atoms with Crippen molar-refractivity contribution >= 4 is 11.7 Å². The number of amides is 2. The predicted octanol–water partition coefficient (Wildman–Crippen LogP) is 3.53. The Bertz CT molecular complexity index is 276. The highest BCUT2D eigenvalue weighted by molar-refractivity contribution is 5.88. The molecule has 0 saturated heterocycles.